The molecule has 1 aliphatic carbocycles. The fourth-order valence-corrected chi connectivity index (χ4v) is 3.97. The zero-order chi connectivity index (χ0) is 22.7. The van der Waals surface area contributed by atoms with E-state index in [2.05, 4.69) is 5.32 Å². The first kappa shape index (κ1) is 21.6. The minimum Gasteiger partial charge on any atom is -0.493 e. The molecule has 0 radical (unpaired) electrons. The largest absolute Gasteiger partial charge is 0.493 e. The van der Waals surface area contributed by atoms with E-state index in [-0.39, 0.29) is 35.3 Å². The fourth-order valence-electron chi connectivity index (χ4n) is 3.97. The highest BCUT2D eigenvalue weighted by atomic mass is 16.7. The quantitative estimate of drug-likeness (QED) is 0.676. The molecule has 0 atom stereocenters. The Kier molecular flexibility index (Phi) is 5.98. The Morgan fingerprint density at radius 1 is 1.00 bits per heavy atom. The van der Waals surface area contributed by atoms with Gasteiger partial charge in [-0.05, 0) is 37.1 Å². The molecule has 2 aromatic carbocycles. The first-order valence-electron chi connectivity index (χ1n) is 10.4. The molecule has 0 aromatic heterocycles. The van der Waals surface area contributed by atoms with Gasteiger partial charge in [-0.1, -0.05) is 6.42 Å². The number of primary amides is 1. The number of benzene rings is 2. The molecule has 3 N–H and O–H groups in total. The van der Waals surface area contributed by atoms with Crippen molar-refractivity contribution in [3.05, 3.63) is 35.9 Å². The number of nitrogens with one attached hydrogen (secondary N) is 1. The summed E-state index contributed by atoms with van der Waals surface area (Å²) in [6, 6.07) is 8.32. The van der Waals surface area contributed by atoms with Gasteiger partial charge < -0.3 is 34.7 Å². The van der Waals surface area contributed by atoms with E-state index in [0.717, 1.165) is 25.7 Å². The minimum atomic E-state index is -0.645. The van der Waals surface area contributed by atoms with Crippen LogP contribution in [0.5, 0.6) is 28.7 Å². The number of amides is 2. The molecule has 0 unspecified atom stereocenters. The Hall–Kier alpha value is -3.62. The number of carbonyl (C=O) groups excluding carboxylic acids is 2. The van der Waals surface area contributed by atoms with Crippen LogP contribution in [-0.4, -0.2) is 38.4 Å². The smallest absolute Gasteiger partial charge is 0.255 e. The highest BCUT2D eigenvalue weighted by Crippen LogP contribution is 2.46. The topological polar surface area (TPSA) is 118 Å². The minimum absolute atomic E-state index is 0.186. The third-order valence-corrected chi connectivity index (χ3v) is 5.49. The average Bonchev–Trinajstić information content (AvgIpc) is 3.13. The summed E-state index contributed by atoms with van der Waals surface area (Å²) in [6.45, 7) is -0.350. The van der Waals surface area contributed by atoms with Gasteiger partial charge >= 0.3 is 0 Å². The van der Waals surface area contributed by atoms with Crippen LogP contribution >= 0.6 is 0 Å². The lowest BCUT2D eigenvalue weighted by molar-refractivity contribution is -0.120. The van der Waals surface area contributed by atoms with E-state index >= 15 is 0 Å². The third-order valence-electron chi connectivity index (χ3n) is 5.49. The van der Waals surface area contributed by atoms with E-state index in [4.69, 9.17) is 29.4 Å². The molecule has 2 amide bonds. The Morgan fingerprint density at radius 3 is 2.28 bits per heavy atom. The Labute approximate surface area is 185 Å². The van der Waals surface area contributed by atoms with Crippen molar-refractivity contribution in [2.45, 2.75) is 37.9 Å². The van der Waals surface area contributed by atoms with Crippen LogP contribution in [0, 0.1) is 0 Å². The van der Waals surface area contributed by atoms with Gasteiger partial charge in [0.2, 0.25) is 5.75 Å². The SMILES string of the molecule is COc1cc(C(=O)Nc2ccc3c(c2)OC2(CCCCC2)O3)cc(OC)c1OCC(N)=O. The van der Waals surface area contributed by atoms with Crippen molar-refractivity contribution in [2.24, 2.45) is 5.73 Å². The van der Waals surface area contributed by atoms with Crippen LogP contribution < -0.4 is 34.7 Å². The third kappa shape index (κ3) is 4.37. The summed E-state index contributed by atoms with van der Waals surface area (Å²) in [5, 5.41) is 2.85. The molecule has 32 heavy (non-hydrogen) atoms. The summed E-state index contributed by atoms with van der Waals surface area (Å²) in [6.07, 6.45) is 5.03. The summed E-state index contributed by atoms with van der Waals surface area (Å²) in [5.74, 6) is 0.361. The second-order valence-corrected chi connectivity index (χ2v) is 7.76. The zero-order valence-corrected chi connectivity index (χ0v) is 18.1. The maximum absolute atomic E-state index is 12.9. The van der Waals surface area contributed by atoms with E-state index in [1.165, 1.54) is 32.8 Å². The number of fused-ring (bicyclic) bond motifs is 1. The van der Waals surface area contributed by atoms with Crippen LogP contribution in [0.4, 0.5) is 5.69 Å². The Bertz CT molecular complexity index is 1010. The molecule has 1 fully saturated rings. The summed E-state index contributed by atoms with van der Waals surface area (Å²) >= 11 is 0. The molecule has 2 aromatic rings. The number of methoxy groups -OCH3 is 2. The molecule has 2 aliphatic rings. The predicted octanol–water partition coefficient (Wildman–Crippen LogP) is 3.25. The maximum Gasteiger partial charge on any atom is 0.255 e. The maximum atomic E-state index is 12.9. The molecule has 9 heteroatoms. The van der Waals surface area contributed by atoms with Crippen LogP contribution in [-0.2, 0) is 4.79 Å². The number of ether oxygens (including phenoxy) is 5. The predicted molar refractivity (Wildman–Crippen MR) is 116 cm³/mol. The van der Waals surface area contributed by atoms with Crippen molar-refractivity contribution in [2.75, 3.05) is 26.1 Å². The van der Waals surface area contributed by atoms with Crippen molar-refractivity contribution < 1.29 is 33.3 Å². The molecule has 1 aliphatic heterocycles. The molecule has 4 rings (SSSR count). The van der Waals surface area contributed by atoms with Crippen molar-refractivity contribution in [1.29, 1.82) is 0 Å². The Balaban J connectivity index is 1.52. The standard InChI is InChI=1S/C23H26N2O7/c1-28-18-10-14(11-19(29-2)21(18)30-13-20(24)26)22(27)25-15-6-7-16-17(12-15)32-23(31-16)8-4-3-5-9-23/h6-7,10-12H,3-5,8-9,13H2,1-2H3,(H2,24,26)(H,25,27). The summed E-state index contributed by atoms with van der Waals surface area (Å²) in [4.78, 5) is 24.0. The Morgan fingerprint density at radius 2 is 1.66 bits per heavy atom. The van der Waals surface area contributed by atoms with Crippen LogP contribution in [0.25, 0.3) is 0 Å². The number of anilines is 1. The van der Waals surface area contributed by atoms with Crippen molar-refractivity contribution in [1.82, 2.24) is 0 Å². The molecule has 1 spiro atoms. The van der Waals surface area contributed by atoms with Gasteiger partial charge in [0.1, 0.15) is 0 Å². The number of hydrogen-bond acceptors (Lipinski definition) is 7. The number of hydrogen-bond donors (Lipinski definition) is 2. The number of carbonyl (C=O) groups is 2. The monoisotopic (exact) mass is 442 g/mol. The van der Waals surface area contributed by atoms with Crippen LogP contribution in [0.15, 0.2) is 30.3 Å². The zero-order valence-electron chi connectivity index (χ0n) is 18.1. The molecule has 1 heterocycles. The summed E-state index contributed by atoms with van der Waals surface area (Å²) in [5.41, 5.74) is 5.99. The van der Waals surface area contributed by atoms with Gasteiger partial charge in [0.15, 0.2) is 29.6 Å². The van der Waals surface area contributed by atoms with Gasteiger partial charge in [0, 0.05) is 30.2 Å². The molecule has 1 saturated carbocycles. The molecular formula is C23H26N2O7. The van der Waals surface area contributed by atoms with Gasteiger partial charge in [-0.2, -0.15) is 0 Å². The number of rotatable bonds is 7. The molecular weight excluding hydrogens is 416 g/mol. The summed E-state index contributed by atoms with van der Waals surface area (Å²) < 4.78 is 28.2. The molecule has 0 bridgehead atoms. The van der Waals surface area contributed by atoms with Gasteiger partial charge in [-0.15, -0.1) is 0 Å². The van der Waals surface area contributed by atoms with Crippen LogP contribution in [0.3, 0.4) is 0 Å². The van der Waals surface area contributed by atoms with Gasteiger partial charge in [0.25, 0.3) is 17.6 Å². The van der Waals surface area contributed by atoms with Gasteiger partial charge in [0.05, 0.1) is 14.2 Å². The molecule has 9 nitrogen and oxygen atoms in total. The lowest BCUT2D eigenvalue weighted by Crippen LogP contribution is -2.40. The average molecular weight is 442 g/mol. The van der Waals surface area contributed by atoms with Crippen molar-refractivity contribution in [3.8, 4) is 28.7 Å². The van der Waals surface area contributed by atoms with E-state index in [1.54, 1.807) is 18.2 Å². The van der Waals surface area contributed by atoms with E-state index in [0.29, 0.717) is 17.2 Å². The van der Waals surface area contributed by atoms with Crippen LogP contribution in [0.2, 0.25) is 0 Å². The van der Waals surface area contributed by atoms with Crippen LogP contribution in [0.1, 0.15) is 42.5 Å². The van der Waals surface area contributed by atoms with Crippen molar-refractivity contribution in [3.63, 3.8) is 0 Å². The first-order chi connectivity index (χ1) is 15.4. The van der Waals surface area contributed by atoms with Crippen molar-refractivity contribution >= 4 is 17.5 Å². The molecule has 170 valence electrons. The molecule has 0 saturated heterocycles. The highest BCUT2D eigenvalue weighted by Gasteiger charge is 2.42. The van der Waals surface area contributed by atoms with E-state index in [1.807, 2.05) is 0 Å². The fraction of sp³-hybridized carbons (Fsp3) is 0.391. The van der Waals surface area contributed by atoms with Gasteiger partial charge in [-0.25, -0.2) is 0 Å². The normalized spacial score (nSPS) is 15.8. The second kappa shape index (κ2) is 8.86. The van der Waals surface area contributed by atoms with E-state index in [9.17, 15) is 9.59 Å². The number of nitrogens with two attached hydrogens (primary N) is 1. The lowest BCUT2D eigenvalue weighted by atomic mass is 9.94. The summed E-state index contributed by atoms with van der Waals surface area (Å²) in [7, 11) is 2.85. The van der Waals surface area contributed by atoms with E-state index < -0.39 is 11.7 Å². The lowest BCUT2D eigenvalue weighted by Gasteiger charge is -2.31. The highest BCUT2D eigenvalue weighted by molar-refractivity contribution is 6.05. The second-order valence-electron chi connectivity index (χ2n) is 7.76. The van der Waals surface area contributed by atoms with Gasteiger partial charge in [-0.3, -0.25) is 9.59 Å². The first-order valence-corrected chi connectivity index (χ1v) is 10.4.